The Labute approximate surface area is 131 Å². The molecular weight excluding hydrogens is 286 g/mol. The van der Waals surface area contributed by atoms with Crippen LogP contribution >= 0.6 is 0 Å². The number of amides is 2. The SMILES string of the molecule is CC(C)(C)OC(=O)N1CC(NCCC(=O)N2CCOCC2)C1. The highest BCUT2D eigenvalue weighted by atomic mass is 16.6. The lowest BCUT2D eigenvalue weighted by Crippen LogP contribution is -2.60. The molecule has 7 nitrogen and oxygen atoms in total. The van der Waals surface area contributed by atoms with Gasteiger partial charge in [-0.25, -0.2) is 4.79 Å². The molecule has 0 saturated carbocycles. The summed E-state index contributed by atoms with van der Waals surface area (Å²) in [4.78, 5) is 27.3. The van der Waals surface area contributed by atoms with Crippen LogP contribution in [0.4, 0.5) is 4.79 Å². The van der Waals surface area contributed by atoms with Gasteiger partial charge in [0.1, 0.15) is 5.60 Å². The van der Waals surface area contributed by atoms with E-state index in [1.165, 1.54) is 0 Å². The van der Waals surface area contributed by atoms with E-state index in [0.717, 1.165) is 0 Å². The zero-order valence-electron chi connectivity index (χ0n) is 13.8. The van der Waals surface area contributed by atoms with E-state index >= 15 is 0 Å². The highest BCUT2D eigenvalue weighted by Gasteiger charge is 2.33. The first-order valence-corrected chi connectivity index (χ1v) is 7.92. The highest BCUT2D eigenvalue weighted by Crippen LogP contribution is 2.15. The van der Waals surface area contributed by atoms with Crippen LogP contribution in [0.15, 0.2) is 0 Å². The number of carbonyl (C=O) groups excluding carboxylic acids is 2. The van der Waals surface area contributed by atoms with E-state index in [2.05, 4.69) is 5.32 Å². The normalized spacial score (nSPS) is 19.8. The Kier molecular flexibility index (Phi) is 5.63. The summed E-state index contributed by atoms with van der Waals surface area (Å²) in [6, 6.07) is 0.255. The second kappa shape index (κ2) is 7.28. The summed E-state index contributed by atoms with van der Waals surface area (Å²) in [5.41, 5.74) is -0.458. The number of carbonyl (C=O) groups is 2. The molecule has 0 aromatic rings. The van der Waals surface area contributed by atoms with Crippen LogP contribution in [0.25, 0.3) is 0 Å². The highest BCUT2D eigenvalue weighted by molar-refractivity contribution is 5.76. The van der Waals surface area contributed by atoms with Crippen molar-refractivity contribution in [2.24, 2.45) is 0 Å². The number of rotatable bonds is 4. The van der Waals surface area contributed by atoms with Crippen molar-refractivity contribution >= 4 is 12.0 Å². The lowest BCUT2D eigenvalue weighted by Gasteiger charge is -2.40. The molecule has 2 amide bonds. The lowest BCUT2D eigenvalue weighted by molar-refractivity contribution is -0.135. The molecule has 22 heavy (non-hydrogen) atoms. The zero-order chi connectivity index (χ0) is 16.2. The quantitative estimate of drug-likeness (QED) is 0.816. The van der Waals surface area contributed by atoms with Crippen molar-refractivity contribution in [2.45, 2.75) is 38.8 Å². The molecule has 0 radical (unpaired) electrons. The second-order valence-electron chi connectivity index (χ2n) is 6.78. The first kappa shape index (κ1) is 17.0. The van der Waals surface area contributed by atoms with Crippen molar-refractivity contribution in [2.75, 3.05) is 45.9 Å². The molecule has 2 saturated heterocycles. The summed E-state index contributed by atoms with van der Waals surface area (Å²) in [6.07, 6.45) is 0.220. The molecule has 0 aromatic carbocycles. The molecule has 0 unspecified atom stereocenters. The number of hydrogen-bond donors (Lipinski definition) is 1. The maximum Gasteiger partial charge on any atom is 0.410 e. The minimum Gasteiger partial charge on any atom is -0.444 e. The maximum atomic E-state index is 12.0. The summed E-state index contributed by atoms with van der Waals surface area (Å²) in [5, 5.41) is 3.31. The van der Waals surface area contributed by atoms with Crippen LogP contribution in [-0.2, 0) is 14.3 Å². The van der Waals surface area contributed by atoms with E-state index in [4.69, 9.17) is 9.47 Å². The van der Waals surface area contributed by atoms with E-state index in [9.17, 15) is 9.59 Å². The van der Waals surface area contributed by atoms with Gasteiger partial charge in [0.15, 0.2) is 0 Å². The Morgan fingerprint density at radius 2 is 1.82 bits per heavy atom. The first-order chi connectivity index (χ1) is 10.3. The number of morpholine rings is 1. The average molecular weight is 313 g/mol. The molecular formula is C15H27N3O4. The van der Waals surface area contributed by atoms with Crippen molar-refractivity contribution in [1.82, 2.24) is 15.1 Å². The number of ether oxygens (including phenoxy) is 2. The predicted octanol–water partition coefficient (Wildman–Crippen LogP) is 0.444. The Bertz CT molecular complexity index is 396. The summed E-state index contributed by atoms with van der Waals surface area (Å²) < 4.78 is 10.5. The molecule has 0 aromatic heterocycles. The smallest absolute Gasteiger partial charge is 0.410 e. The van der Waals surface area contributed by atoms with Gasteiger partial charge in [-0.3, -0.25) is 4.79 Å². The topological polar surface area (TPSA) is 71.1 Å². The zero-order valence-corrected chi connectivity index (χ0v) is 13.8. The van der Waals surface area contributed by atoms with Crippen LogP contribution in [0, 0.1) is 0 Å². The predicted molar refractivity (Wildman–Crippen MR) is 81.6 cm³/mol. The van der Waals surface area contributed by atoms with Crippen LogP contribution in [0.3, 0.4) is 0 Å². The van der Waals surface area contributed by atoms with E-state index in [1.54, 1.807) is 4.90 Å². The molecule has 1 N–H and O–H groups in total. The largest absolute Gasteiger partial charge is 0.444 e. The molecule has 2 rings (SSSR count). The molecule has 2 aliphatic heterocycles. The van der Waals surface area contributed by atoms with Crippen LogP contribution in [0.5, 0.6) is 0 Å². The van der Waals surface area contributed by atoms with Gasteiger partial charge in [0.05, 0.1) is 13.2 Å². The average Bonchev–Trinajstić information content (AvgIpc) is 2.39. The third-order valence-electron chi connectivity index (χ3n) is 3.67. The summed E-state index contributed by atoms with van der Waals surface area (Å²) in [7, 11) is 0. The van der Waals surface area contributed by atoms with Crippen LogP contribution < -0.4 is 5.32 Å². The van der Waals surface area contributed by atoms with Gasteiger partial charge < -0.3 is 24.6 Å². The molecule has 0 aliphatic carbocycles. The number of hydrogen-bond acceptors (Lipinski definition) is 5. The molecule has 2 aliphatic rings. The van der Waals surface area contributed by atoms with Crippen molar-refractivity contribution in [3.05, 3.63) is 0 Å². The fraction of sp³-hybridized carbons (Fsp3) is 0.867. The molecule has 7 heteroatoms. The maximum absolute atomic E-state index is 12.0. The summed E-state index contributed by atoms with van der Waals surface area (Å²) in [5.74, 6) is 0.166. The van der Waals surface area contributed by atoms with E-state index in [-0.39, 0.29) is 18.0 Å². The van der Waals surface area contributed by atoms with Crippen LogP contribution in [0.1, 0.15) is 27.2 Å². The van der Waals surface area contributed by atoms with E-state index in [0.29, 0.717) is 52.4 Å². The Hall–Kier alpha value is -1.34. The van der Waals surface area contributed by atoms with Gasteiger partial charge in [-0.1, -0.05) is 0 Å². The fourth-order valence-electron chi connectivity index (χ4n) is 2.44. The summed E-state index contributed by atoms with van der Waals surface area (Å²) >= 11 is 0. The fourth-order valence-corrected chi connectivity index (χ4v) is 2.44. The van der Waals surface area contributed by atoms with E-state index < -0.39 is 5.60 Å². The van der Waals surface area contributed by atoms with Crippen molar-refractivity contribution in [1.29, 1.82) is 0 Å². The number of likely N-dealkylation sites (tertiary alicyclic amines) is 1. The Morgan fingerprint density at radius 1 is 1.18 bits per heavy atom. The van der Waals surface area contributed by atoms with Crippen LogP contribution in [-0.4, -0.2) is 79.4 Å². The molecule has 126 valence electrons. The molecule has 2 fully saturated rings. The molecule has 0 spiro atoms. The van der Waals surface area contributed by atoms with Gasteiger partial charge in [0.2, 0.25) is 5.91 Å². The third kappa shape index (κ3) is 5.14. The standard InChI is InChI=1S/C15H27N3O4/c1-15(2,3)22-14(20)18-10-12(11-18)16-5-4-13(19)17-6-8-21-9-7-17/h12,16H,4-11H2,1-3H3. The number of nitrogens with one attached hydrogen (secondary N) is 1. The Balaban J connectivity index is 1.56. The minimum absolute atomic E-state index is 0.166. The van der Waals surface area contributed by atoms with Gasteiger partial charge in [0, 0.05) is 45.2 Å². The van der Waals surface area contributed by atoms with Gasteiger partial charge in [0.25, 0.3) is 0 Å². The van der Waals surface area contributed by atoms with Crippen molar-refractivity contribution in [3.8, 4) is 0 Å². The third-order valence-corrected chi connectivity index (χ3v) is 3.67. The van der Waals surface area contributed by atoms with Gasteiger partial charge >= 0.3 is 6.09 Å². The number of nitrogens with zero attached hydrogens (tertiary/aromatic N) is 2. The monoisotopic (exact) mass is 313 g/mol. The second-order valence-corrected chi connectivity index (χ2v) is 6.78. The molecule has 2 heterocycles. The minimum atomic E-state index is -0.458. The molecule has 0 bridgehead atoms. The van der Waals surface area contributed by atoms with E-state index in [1.807, 2.05) is 25.7 Å². The van der Waals surface area contributed by atoms with Crippen LogP contribution in [0.2, 0.25) is 0 Å². The van der Waals surface area contributed by atoms with Gasteiger partial charge in [-0.2, -0.15) is 0 Å². The Morgan fingerprint density at radius 3 is 2.41 bits per heavy atom. The molecule has 0 atom stereocenters. The summed E-state index contributed by atoms with van der Waals surface area (Å²) in [6.45, 7) is 10.1. The van der Waals surface area contributed by atoms with Crippen molar-refractivity contribution in [3.63, 3.8) is 0 Å². The van der Waals surface area contributed by atoms with Gasteiger partial charge in [-0.15, -0.1) is 0 Å². The van der Waals surface area contributed by atoms with Gasteiger partial charge in [-0.05, 0) is 20.8 Å². The first-order valence-electron chi connectivity index (χ1n) is 7.92. The van der Waals surface area contributed by atoms with Crippen molar-refractivity contribution < 1.29 is 19.1 Å². The lowest BCUT2D eigenvalue weighted by atomic mass is 10.1.